The Labute approximate surface area is 195 Å². The number of amidine groups is 1. The molecule has 0 aliphatic rings. The van der Waals surface area contributed by atoms with Crippen LogP contribution in [0, 0.1) is 11.2 Å². The van der Waals surface area contributed by atoms with E-state index in [2.05, 4.69) is 4.98 Å². The van der Waals surface area contributed by atoms with Crippen molar-refractivity contribution in [3.05, 3.63) is 83.2 Å². The summed E-state index contributed by atoms with van der Waals surface area (Å²) in [5.74, 6) is -2.59. The predicted molar refractivity (Wildman–Crippen MR) is 124 cm³/mol. The molecular formula is C24H24FN5O4. The molecule has 6 N–H and O–H groups in total. The molecule has 0 aliphatic carbocycles. The van der Waals surface area contributed by atoms with Gasteiger partial charge >= 0.3 is 5.97 Å². The smallest absolute Gasteiger partial charge is 0.323 e. The molecule has 1 heterocycles. The number of nitrogens with zero attached hydrogens (tertiary/aromatic N) is 2. The molecule has 0 saturated carbocycles. The van der Waals surface area contributed by atoms with Crippen LogP contribution in [0.15, 0.2) is 60.7 Å². The first-order chi connectivity index (χ1) is 16.2. The number of carbonyl (C=O) groups excluding carboxylic acids is 1. The molecule has 1 amide bonds. The van der Waals surface area contributed by atoms with Gasteiger partial charge in [-0.2, -0.15) is 0 Å². The molecule has 0 spiro atoms. The number of nitrogen functional groups attached to an aromatic ring is 2. The third-order valence-corrected chi connectivity index (χ3v) is 5.10. The SMILES string of the molecule is COC(C(=O)N(CC(=O)O)Cc1ccc(C(=N)N)cc1)c1c(F)cccc1-c1cccc(N)n1. The topological polar surface area (TPSA) is 156 Å². The van der Waals surface area contributed by atoms with Crippen molar-refractivity contribution in [2.45, 2.75) is 12.6 Å². The molecule has 0 radical (unpaired) electrons. The number of ether oxygens (including phenoxy) is 1. The molecule has 0 aliphatic heterocycles. The molecule has 9 nitrogen and oxygen atoms in total. The number of carboxylic acid groups (broad SMARTS) is 1. The molecule has 34 heavy (non-hydrogen) atoms. The van der Waals surface area contributed by atoms with Gasteiger partial charge in [0, 0.05) is 30.3 Å². The highest BCUT2D eigenvalue weighted by molar-refractivity contribution is 5.95. The normalized spacial score (nSPS) is 11.6. The maximum atomic E-state index is 15.0. The Morgan fingerprint density at radius 2 is 1.82 bits per heavy atom. The second kappa shape index (κ2) is 10.5. The van der Waals surface area contributed by atoms with Gasteiger partial charge in [0.15, 0.2) is 6.10 Å². The number of anilines is 1. The van der Waals surface area contributed by atoms with Gasteiger partial charge in [0.2, 0.25) is 0 Å². The summed E-state index contributed by atoms with van der Waals surface area (Å²) in [5, 5.41) is 16.9. The minimum absolute atomic E-state index is 0.0737. The largest absolute Gasteiger partial charge is 0.480 e. The fraction of sp³-hybridized carbons (Fsp3) is 0.167. The maximum Gasteiger partial charge on any atom is 0.323 e. The summed E-state index contributed by atoms with van der Waals surface area (Å²) in [4.78, 5) is 30.2. The molecule has 1 unspecified atom stereocenters. The number of nitrogens with two attached hydrogens (primary N) is 2. The van der Waals surface area contributed by atoms with Crippen LogP contribution in [0.2, 0.25) is 0 Å². The average Bonchev–Trinajstić information content (AvgIpc) is 2.80. The third-order valence-electron chi connectivity index (χ3n) is 5.10. The van der Waals surface area contributed by atoms with E-state index in [1.165, 1.54) is 19.2 Å². The highest BCUT2D eigenvalue weighted by Crippen LogP contribution is 2.33. The summed E-state index contributed by atoms with van der Waals surface area (Å²) in [5.41, 5.74) is 12.9. The van der Waals surface area contributed by atoms with Crippen molar-refractivity contribution in [3.63, 3.8) is 0 Å². The van der Waals surface area contributed by atoms with Crippen LogP contribution in [0.1, 0.15) is 22.8 Å². The van der Waals surface area contributed by atoms with Crippen molar-refractivity contribution in [1.29, 1.82) is 5.41 Å². The number of rotatable bonds is 9. The van der Waals surface area contributed by atoms with Crippen molar-refractivity contribution in [1.82, 2.24) is 9.88 Å². The van der Waals surface area contributed by atoms with Gasteiger partial charge < -0.3 is 26.2 Å². The lowest BCUT2D eigenvalue weighted by molar-refractivity contribution is -0.150. The molecule has 1 aromatic heterocycles. The summed E-state index contributed by atoms with van der Waals surface area (Å²) in [6, 6.07) is 15.5. The number of hydrogen-bond donors (Lipinski definition) is 4. The number of hydrogen-bond acceptors (Lipinski definition) is 6. The average molecular weight is 465 g/mol. The van der Waals surface area contributed by atoms with Crippen LogP contribution in [0.3, 0.4) is 0 Å². The minimum Gasteiger partial charge on any atom is -0.480 e. The first-order valence-corrected chi connectivity index (χ1v) is 10.2. The number of carboxylic acids is 1. The number of aromatic nitrogens is 1. The zero-order chi connectivity index (χ0) is 24.8. The van der Waals surface area contributed by atoms with E-state index >= 15 is 4.39 Å². The second-order valence-electron chi connectivity index (χ2n) is 7.46. The van der Waals surface area contributed by atoms with Crippen LogP contribution >= 0.6 is 0 Å². The highest BCUT2D eigenvalue weighted by atomic mass is 19.1. The van der Waals surface area contributed by atoms with Crippen molar-refractivity contribution < 1.29 is 23.8 Å². The van der Waals surface area contributed by atoms with Crippen LogP contribution in [0.25, 0.3) is 11.3 Å². The van der Waals surface area contributed by atoms with Crippen LogP contribution in [0.4, 0.5) is 10.2 Å². The lowest BCUT2D eigenvalue weighted by Crippen LogP contribution is -2.39. The van der Waals surface area contributed by atoms with Gasteiger partial charge in [-0.15, -0.1) is 0 Å². The lowest BCUT2D eigenvalue weighted by atomic mass is 9.97. The Morgan fingerprint density at radius 1 is 1.15 bits per heavy atom. The first kappa shape index (κ1) is 24.3. The molecule has 10 heteroatoms. The molecule has 0 saturated heterocycles. The van der Waals surface area contributed by atoms with E-state index in [1.807, 2.05) is 0 Å². The first-order valence-electron chi connectivity index (χ1n) is 10.2. The summed E-state index contributed by atoms with van der Waals surface area (Å²) in [7, 11) is 1.24. The number of carbonyl (C=O) groups is 2. The number of aliphatic carboxylic acids is 1. The number of amides is 1. The second-order valence-corrected chi connectivity index (χ2v) is 7.46. The van der Waals surface area contributed by atoms with Gasteiger partial charge in [-0.25, -0.2) is 9.37 Å². The molecule has 2 aromatic carbocycles. The zero-order valence-corrected chi connectivity index (χ0v) is 18.4. The van der Waals surface area contributed by atoms with Gasteiger partial charge in [0.25, 0.3) is 5.91 Å². The van der Waals surface area contributed by atoms with Gasteiger partial charge in [0.1, 0.15) is 24.0 Å². The van der Waals surface area contributed by atoms with E-state index in [0.29, 0.717) is 22.4 Å². The third kappa shape index (κ3) is 5.54. The van der Waals surface area contributed by atoms with Crippen molar-refractivity contribution in [2.75, 3.05) is 19.4 Å². The monoisotopic (exact) mass is 465 g/mol. The summed E-state index contributed by atoms with van der Waals surface area (Å²) in [6.07, 6.45) is -1.43. The van der Waals surface area contributed by atoms with Crippen LogP contribution < -0.4 is 11.5 Å². The van der Waals surface area contributed by atoms with Gasteiger partial charge in [-0.1, -0.05) is 42.5 Å². The van der Waals surface area contributed by atoms with Gasteiger partial charge in [-0.3, -0.25) is 15.0 Å². The van der Waals surface area contributed by atoms with Crippen molar-refractivity contribution >= 4 is 23.5 Å². The number of pyridine rings is 1. The number of halogens is 1. The van der Waals surface area contributed by atoms with E-state index in [-0.39, 0.29) is 23.8 Å². The van der Waals surface area contributed by atoms with Crippen LogP contribution in [-0.2, 0) is 20.9 Å². The van der Waals surface area contributed by atoms with E-state index < -0.39 is 30.3 Å². The summed E-state index contributed by atoms with van der Waals surface area (Å²) < 4.78 is 20.4. The Hall–Kier alpha value is -4.31. The molecule has 176 valence electrons. The number of benzene rings is 2. The Bertz CT molecular complexity index is 1220. The highest BCUT2D eigenvalue weighted by Gasteiger charge is 2.32. The minimum atomic E-state index is -1.43. The Balaban J connectivity index is 2.00. The van der Waals surface area contributed by atoms with E-state index in [1.54, 1.807) is 48.5 Å². The molecule has 3 aromatic rings. The number of methoxy groups -OCH3 is 1. The predicted octanol–water partition coefficient (Wildman–Crippen LogP) is 2.55. The molecule has 3 rings (SSSR count). The fourth-order valence-electron chi connectivity index (χ4n) is 3.52. The fourth-order valence-corrected chi connectivity index (χ4v) is 3.52. The Morgan fingerprint density at radius 3 is 2.41 bits per heavy atom. The van der Waals surface area contributed by atoms with Gasteiger partial charge in [0.05, 0.1) is 5.69 Å². The quantitative estimate of drug-likeness (QED) is 0.279. The van der Waals surface area contributed by atoms with Crippen molar-refractivity contribution in [2.24, 2.45) is 5.73 Å². The summed E-state index contributed by atoms with van der Waals surface area (Å²) in [6.45, 7) is -0.711. The maximum absolute atomic E-state index is 15.0. The lowest BCUT2D eigenvalue weighted by Gasteiger charge is -2.27. The van der Waals surface area contributed by atoms with Crippen LogP contribution in [-0.4, -0.2) is 46.4 Å². The molecule has 1 atom stereocenters. The van der Waals surface area contributed by atoms with Gasteiger partial charge in [-0.05, 0) is 23.8 Å². The molecule has 0 fully saturated rings. The zero-order valence-electron chi connectivity index (χ0n) is 18.4. The van der Waals surface area contributed by atoms with E-state index in [4.69, 9.17) is 21.6 Å². The molecule has 0 bridgehead atoms. The number of nitrogens with one attached hydrogen (secondary N) is 1. The van der Waals surface area contributed by atoms with E-state index in [0.717, 1.165) is 4.90 Å². The molecular weight excluding hydrogens is 441 g/mol. The standard InChI is InChI=1S/C24H24FN5O4/c1-34-22(21-16(4-2-5-17(21)25)18-6-3-7-19(26)29-18)24(33)30(13-20(31)32)12-14-8-10-15(11-9-14)23(27)28/h2-11,22H,12-13H2,1H3,(H2,26,29)(H3,27,28)(H,31,32). The summed E-state index contributed by atoms with van der Waals surface area (Å²) >= 11 is 0. The van der Waals surface area contributed by atoms with Crippen molar-refractivity contribution in [3.8, 4) is 11.3 Å². The Kier molecular flexibility index (Phi) is 7.54. The van der Waals surface area contributed by atoms with E-state index in [9.17, 15) is 14.7 Å². The van der Waals surface area contributed by atoms with Crippen LogP contribution in [0.5, 0.6) is 0 Å².